The van der Waals surface area contributed by atoms with Crippen molar-refractivity contribution in [1.29, 1.82) is 0 Å². The molecule has 0 bridgehead atoms. The summed E-state index contributed by atoms with van der Waals surface area (Å²) in [6, 6.07) is 12.9. The number of nitrogens with one attached hydrogen (secondary N) is 1. The first-order chi connectivity index (χ1) is 18.7. The van der Waals surface area contributed by atoms with Gasteiger partial charge < -0.3 is 21.5 Å². The Hall–Kier alpha value is -4.25. The van der Waals surface area contributed by atoms with Crippen LogP contribution in [-0.4, -0.2) is 52.0 Å². The first-order valence-corrected chi connectivity index (χ1v) is 12.7. The van der Waals surface area contributed by atoms with Crippen molar-refractivity contribution < 1.29 is 23.1 Å². The summed E-state index contributed by atoms with van der Waals surface area (Å²) in [4.78, 5) is 33.0. The van der Waals surface area contributed by atoms with Crippen LogP contribution in [0.3, 0.4) is 0 Å². The number of rotatable bonds is 7. The average Bonchev–Trinajstić information content (AvgIpc) is 3.21. The van der Waals surface area contributed by atoms with Crippen molar-refractivity contribution in [2.75, 3.05) is 31.1 Å². The van der Waals surface area contributed by atoms with Gasteiger partial charge in [-0.1, -0.05) is 12.1 Å². The number of benzene rings is 2. The van der Waals surface area contributed by atoms with Gasteiger partial charge in [-0.3, -0.25) is 19.6 Å². The number of halogens is 2. The number of hydrogen-bond acceptors (Lipinski definition) is 7. The topological polar surface area (TPSA) is 127 Å². The number of likely N-dealkylation sites (tertiary alicyclic amines) is 1. The van der Waals surface area contributed by atoms with Gasteiger partial charge >= 0.3 is 6.09 Å². The molecule has 0 unspecified atom stereocenters. The summed E-state index contributed by atoms with van der Waals surface area (Å²) >= 11 is 0. The maximum absolute atomic E-state index is 14.2. The summed E-state index contributed by atoms with van der Waals surface area (Å²) in [5.41, 5.74) is 13.2. The Labute approximate surface area is 224 Å². The maximum Gasteiger partial charge on any atom is 0.410 e. The molecular weight excluding hydrogens is 506 g/mol. The van der Waals surface area contributed by atoms with Gasteiger partial charge in [0.2, 0.25) is 0 Å². The van der Waals surface area contributed by atoms with Gasteiger partial charge in [-0.15, -0.1) is 0 Å². The smallest absolute Gasteiger partial charge is 0.410 e. The van der Waals surface area contributed by atoms with Crippen molar-refractivity contribution in [3.05, 3.63) is 88.7 Å². The van der Waals surface area contributed by atoms with Gasteiger partial charge in [0.15, 0.2) is 0 Å². The van der Waals surface area contributed by atoms with Crippen molar-refractivity contribution in [2.24, 2.45) is 0 Å². The molecule has 1 spiro atoms. The second-order valence-corrected chi connectivity index (χ2v) is 10.1. The number of pyridine rings is 1. The average molecular weight is 537 g/mol. The molecule has 2 fully saturated rings. The number of piperidine rings is 1. The minimum atomic E-state index is -0.663. The Bertz CT molecular complexity index is 1340. The molecule has 5 rings (SSSR count). The number of ether oxygens (including phenoxy) is 1. The highest BCUT2D eigenvalue weighted by molar-refractivity contribution is 5.93. The van der Waals surface area contributed by atoms with E-state index in [4.69, 9.17) is 16.2 Å². The van der Waals surface area contributed by atoms with Gasteiger partial charge in [-0.2, -0.15) is 0 Å². The van der Waals surface area contributed by atoms with Crippen LogP contribution >= 0.6 is 0 Å². The Morgan fingerprint density at radius 3 is 2.33 bits per heavy atom. The van der Waals surface area contributed by atoms with E-state index in [0.29, 0.717) is 56.0 Å². The molecule has 1 aromatic heterocycles. The standard InChI is InChI=1S/C28H30F2N6O3/c29-24-11-21(32)12-25(30)23(24)16-35-9-7-28(8-10-35)17-36(27(38)39-28)15-22-6-3-19(14-33-22)26(37)34-13-18-1-4-20(31)5-2-18/h1-6,11-12,14H,7-10,13,15-17,31-32H2,(H,34,37). The van der Waals surface area contributed by atoms with E-state index in [1.54, 1.807) is 29.2 Å². The lowest BCUT2D eigenvalue weighted by atomic mass is 9.91. The Balaban J connectivity index is 1.12. The lowest BCUT2D eigenvalue weighted by molar-refractivity contribution is -0.00165. The minimum Gasteiger partial charge on any atom is -0.441 e. The number of anilines is 2. The Morgan fingerprint density at radius 1 is 1.00 bits per heavy atom. The van der Waals surface area contributed by atoms with Gasteiger partial charge in [0.25, 0.3) is 5.91 Å². The fraction of sp³-hybridized carbons (Fsp3) is 0.321. The molecular formula is C28H30F2N6O3. The van der Waals surface area contributed by atoms with Crippen LogP contribution in [0, 0.1) is 11.6 Å². The third-order valence-corrected chi connectivity index (χ3v) is 7.23. The van der Waals surface area contributed by atoms with Crippen molar-refractivity contribution in [1.82, 2.24) is 20.1 Å². The molecule has 2 aliphatic heterocycles. The second kappa shape index (κ2) is 10.9. The fourth-order valence-electron chi connectivity index (χ4n) is 4.96. The summed E-state index contributed by atoms with van der Waals surface area (Å²) in [6.07, 6.45) is 2.16. The van der Waals surface area contributed by atoms with Crippen LogP contribution in [0.1, 0.15) is 40.0 Å². The van der Waals surface area contributed by atoms with Crippen LogP contribution in [0.4, 0.5) is 25.0 Å². The molecule has 5 N–H and O–H groups in total. The molecule has 2 saturated heterocycles. The zero-order valence-corrected chi connectivity index (χ0v) is 21.3. The highest BCUT2D eigenvalue weighted by atomic mass is 19.1. The fourth-order valence-corrected chi connectivity index (χ4v) is 4.96. The molecule has 39 heavy (non-hydrogen) atoms. The first-order valence-electron chi connectivity index (χ1n) is 12.7. The summed E-state index contributed by atoms with van der Waals surface area (Å²) in [6.45, 7) is 2.19. The first kappa shape index (κ1) is 26.4. The lowest BCUT2D eigenvalue weighted by Gasteiger charge is -2.37. The van der Waals surface area contributed by atoms with Gasteiger partial charge in [0.1, 0.15) is 17.2 Å². The second-order valence-electron chi connectivity index (χ2n) is 10.1. The third-order valence-electron chi connectivity index (χ3n) is 7.23. The molecule has 9 nitrogen and oxygen atoms in total. The van der Waals surface area contributed by atoms with E-state index in [0.717, 1.165) is 17.7 Å². The normalized spacial score (nSPS) is 16.9. The SMILES string of the molecule is Nc1ccc(CNC(=O)c2ccc(CN3CC4(CCN(Cc5c(F)cc(N)cc5F)CC4)OC3=O)nc2)cc1. The zero-order chi connectivity index (χ0) is 27.6. The van der Waals surface area contributed by atoms with Crippen LogP contribution in [0.15, 0.2) is 54.7 Å². The molecule has 2 amide bonds. The van der Waals surface area contributed by atoms with Crippen molar-refractivity contribution in [2.45, 2.75) is 38.1 Å². The number of nitrogens with zero attached hydrogens (tertiary/aromatic N) is 3. The summed E-state index contributed by atoms with van der Waals surface area (Å²) < 4.78 is 34.2. The lowest BCUT2D eigenvalue weighted by Crippen LogP contribution is -2.46. The van der Waals surface area contributed by atoms with Crippen molar-refractivity contribution >= 4 is 23.4 Å². The van der Waals surface area contributed by atoms with Crippen molar-refractivity contribution in [3.8, 4) is 0 Å². The molecule has 204 valence electrons. The summed E-state index contributed by atoms with van der Waals surface area (Å²) in [7, 11) is 0. The van der Waals surface area contributed by atoms with E-state index in [-0.39, 0.29) is 30.2 Å². The molecule has 0 radical (unpaired) electrons. The monoisotopic (exact) mass is 536 g/mol. The molecule has 2 aromatic carbocycles. The van der Waals surface area contributed by atoms with E-state index in [9.17, 15) is 18.4 Å². The molecule has 0 atom stereocenters. The predicted octanol–water partition coefficient (Wildman–Crippen LogP) is 3.44. The van der Waals surface area contributed by atoms with Gasteiger partial charge in [-0.05, 0) is 42.0 Å². The van der Waals surface area contributed by atoms with Crippen LogP contribution in [0.2, 0.25) is 0 Å². The molecule has 2 aliphatic rings. The number of carbonyl (C=O) groups excluding carboxylic acids is 2. The number of hydrogen-bond donors (Lipinski definition) is 3. The summed E-state index contributed by atoms with van der Waals surface area (Å²) in [5, 5.41) is 2.85. The highest BCUT2D eigenvalue weighted by Crippen LogP contribution is 2.34. The van der Waals surface area contributed by atoms with E-state index in [2.05, 4.69) is 10.3 Å². The van der Waals surface area contributed by atoms with Gasteiger partial charge in [0, 0.05) is 62.2 Å². The minimum absolute atomic E-state index is 0.0151. The quantitative estimate of drug-likeness (QED) is 0.395. The molecule has 11 heteroatoms. The van der Waals surface area contributed by atoms with Crippen LogP contribution in [0.25, 0.3) is 0 Å². The molecule has 3 aromatic rings. The van der Waals surface area contributed by atoms with E-state index < -0.39 is 23.3 Å². The number of nitrogen functional groups attached to an aromatic ring is 2. The maximum atomic E-state index is 14.2. The Kier molecular flexibility index (Phi) is 7.34. The third kappa shape index (κ3) is 6.09. The van der Waals surface area contributed by atoms with Gasteiger partial charge in [0.05, 0.1) is 24.3 Å². The molecule has 3 heterocycles. The van der Waals surface area contributed by atoms with E-state index in [1.165, 1.54) is 6.20 Å². The van der Waals surface area contributed by atoms with Crippen LogP contribution in [0.5, 0.6) is 0 Å². The van der Waals surface area contributed by atoms with E-state index in [1.807, 2.05) is 17.0 Å². The predicted molar refractivity (Wildman–Crippen MR) is 141 cm³/mol. The Morgan fingerprint density at radius 2 is 1.69 bits per heavy atom. The van der Waals surface area contributed by atoms with Crippen molar-refractivity contribution in [3.63, 3.8) is 0 Å². The van der Waals surface area contributed by atoms with Gasteiger partial charge in [-0.25, -0.2) is 13.6 Å². The zero-order valence-electron chi connectivity index (χ0n) is 21.3. The molecule has 0 saturated carbocycles. The van der Waals surface area contributed by atoms with Crippen LogP contribution < -0.4 is 16.8 Å². The summed E-state index contributed by atoms with van der Waals surface area (Å²) in [5.74, 6) is -1.58. The number of carbonyl (C=O) groups is 2. The van der Waals surface area contributed by atoms with E-state index >= 15 is 0 Å². The largest absolute Gasteiger partial charge is 0.441 e. The number of nitrogens with two attached hydrogens (primary N) is 2. The number of aromatic nitrogens is 1. The van der Waals surface area contributed by atoms with Crippen LogP contribution in [-0.2, 0) is 24.4 Å². The number of amides is 2. The molecule has 0 aliphatic carbocycles. The highest BCUT2D eigenvalue weighted by Gasteiger charge is 2.47.